The maximum absolute atomic E-state index is 5.64. The predicted octanol–water partition coefficient (Wildman–Crippen LogP) is 0.987. The van der Waals surface area contributed by atoms with Crippen LogP contribution < -0.4 is 11.1 Å². The smallest absolute Gasteiger partial charge is 0.0469 e. The molecule has 0 aliphatic carbocycles. The van der Waals surface area contributed by atoms with E-state index in [0.29, 0.717) is 5.92 Å². The molecule has 1 rings (SSSR count). The van der Waals surface area contributed by atoms with Crippen LogP contribution in [0, 0.1) is 11.8 Å². The van der Waals surface area contributed by atoms with Gasteiger partial charge in [0.25, 0.3) is 0 Å². The van der Waals surface area contributed by atoms with Gasteiger partial charge in [-0.3, -0.25) is 0 Å². The first kappa shape index (κ1) is 12.0. The van der Waals surface area contributed by atoms with Crippen molar-refractivity contribution in [1.29, 1.82) is 0 Å². The molecule has 0 bridgehead atoms. The maximum atomic E-state index is 5.64. The summed E-state index contributed by atoms with van der Waals surface area (Å²) in [4.78, 5) is 0. The van der Waals surface area contributed by atoms with Gasteiger partial charge in [-0.2, -0.15) is 0 Å². The first-order chi connectivity index (χ1) is 6.86. The summed E-state index contributed by atoms with van der Waals surface area (Å²) in [7, 11) is 0. The van der Waals surface area contributed by atoms with Crippen LogP contribution in [-0.4, -0.2) is 32.8 Å². The van der Waals surface area contributed by atoms with Gasteiger partial charge in [0.05, 0.1) is 0 Å². The lowest BCUT2D eigenvalue weighted by atomic mass is 10.00. The van der Waals surface area contributed by atoms with E-state index >= 15 is 0 Å². The molecule has 1 atom stereocenters. The molecule has 84 valence electrons. The van der Waals surface area contributed by atoms with Crippen LogP contribution in [0.25, 0.3) is 0 Å². The average molecular weight is 200 g/mol. The van der Waals surface area contributed by atoms with E-state index in [2.05, 4.69) is 12.2 Å². The second kappa shape index (κ2) is 7.21. The Morgan fingerprint density at radius 1 is 1.43 bits per heavy atom. The molecule has 0 saturated carbocycles. The lowest BCUT2D eigenvalue weighted by Crippen LogP contribution is -2.33. The Balaban J connectivity index is 2.01. The van der Waals surface area contributed by atoms with Gasteiger partial charge in [-0.1, -0.05) is 13.3 Å². The summed E-state index contributed by atoms with van der Waals surface area (Å²) in [6.45, 7) is 7.11. The molecule has 14 heavy (non-hydrogen) atoms. The molecule has 1 aliphatic heterocycles. The minimum Gasteiger partial charge on any atom is -0.381 e. The number of rotatable bonds is 6. The highest BCUT2D eigenvalue weighted by Crippen LogP contribution is 2.13. The maximum Gasteiger partial charge on any atom is 0.0469 e. The molecular formula is C11H24N2O. The molecule has 1 unspecified atom stereocenters. The van der Waals surface area contributed by atoms with Gasteiger partial charge in [0.1, 0.15) is 0 Å². The first-order valence-corrected chi connectivity index (χ1v) is 5.85. The zero-order chi connectivity index (χ0) is 10.2. The molecule has 0 amide bonds. The van der Waals surface area contributed by atoms with E-state index in [0.717, 1.165) is 38.8 Å². The highest BCUT2D eigenvalue weighted by atomic mass is 16.5. The summed E-state index contributed by atoms with van der Waals surface area (Å²) in [5, 5.41) is 3.52. The third-order valence-corrected chi connectivity index (χ3v) is 3.12. The predicted molar refractivity (Wildman–Crippen MR) is 59.2 cm³/mol. The van der Waals surface area contributed by atoms with E-state index in [1.807, 2.05) is 0 Å². The molecular weight excluding hydrogens is 176 g/mol. The quantitative estimate of drug-likeness (QED) is 0.672. The Labute approximate surface area is 87.4 Å². The molecule has 0 aromatic carbocycles. The van der Waals surface area contributed by atoms with Crippen LogP contribution >= 0.6 is 0 Å². The van der Waals surface area contributed by atoms with Crippen LogP contribution in [-0.2, 0) is 4.74 Å². The Kier molecular flexibility index (Phi) is 6.15. The zero-order valence-electron chi connectivity index (χ0n) is 9.30. The van der Waals surface area contributed by atoms with Crippen molar-refractivity contribution >= 4 is 0 Å². The third kappa shape index (κ3) is 4.40. The van der Waals surface area contributed by atoms with Crippen molar-refractivity contribution in [1.82, 2.24) is 5.32 Å². The molecule has 1 saturated heterocycles. The van der Waals surface area contributed by atoms with E-state index in [9.17, 15) is 0 Å². The molecule has 0 spiro atoms. The summed E-state index contributed by atoms with van der Waals surface area (Å²) < 4.78 is 5.32. The third-order valence-electron chi connectivity index (χ3n) is 3.12. The van der Waals surface area contributed by atoms with Crippen LogP contribution in [0.2, 0.25) is 0 Å². The molecule has 1 heterocycles. The van der Waals surface area contributed by atoms with Gasteiger partial charge in [-0.15, -0.1) is 0 Å². The Bertz CT molecular complexity index is 131. The number of ether oxygens (including phenoxy) is 1. The summed E-state index contributed by atoms with van der Waals surface area (Å²) in [6.07, 6.45) is 3.61. The second-order valence-corrected chi connectivity index (χ2v) is 4.22. The topological polar surface area (TPSA) is 47.3 Å². The Morgan fingerprint density at radius 2 is 2.14 bits per heavy atom. The summed E-state index contributed by atoms with van der Waals surface area (Å²) in [5.74, 6) is 1.47. The molecule has 3 N–H and O–H groups in total. The van der Waals surface area contributed by atoms with Crippen molar-refractivity contribution < 1.29 is 4.74 Å². The Hall–Kier alpha value is -0.120. The minimum atomic E-state index is 0.648. The van der Waals surface area contributed by atoms with Crippen LogP contribution in [0.15, 0.2) is 0 Å². The fourth-order valence-corrected chi connectivity index (χ4v) is 1.84. The monoisotopic (exact) mass is 200 g/mol. The summed E-state index contributed by atoms with van der Waals surface area (Å²) in [6, 6.07) is 0. The van der Waals surface area contributed by atoms with Gasteiger partial charge in [-0.25, -0.2) is 0 Å². The van der Waals surface area contributed by atoms with E-state index in [1.54, 1.807) is 0 Å². The van der Waals surface area contributed by atoms with Crippen molar-refractivity contribution in [3.05, 3.63) is 0 Å². The van der Waals surface area contributed by atoms with Crippen molar-refractivity contribution in [3.63, 3.8) is 0 Å². The average Bonchev–Trinajstić information content (AvgIpc) is 2.26. The zero-order valence-corrected chi connectivity index (χ0v) is 9.30. The van der Waals surface area contributed by atoms with E-state index in [1.165, 1.54) is 19.3 Å². The van der Waals surface area contributed by atoms with Crippen LogP contribution in [0.5, 0.6) is 0 Å². The largest absolute Gasteiger partial charge is 0.381 e. The van der Waals surface area contributed by atoms with Gasteiger partial charge in [-0.05, 0) is 44.3 Å². The van der Waals surface area contributed by atoms with Gasteiger partial charge < -0.3 is 15.8 Å². The molecule has 0 aromatic rings. The molecule has 0 radical (unpaired) electrons. The van der Waals surface area contributed by atoms with Crippen LogP contribution in [0.4, 0.5) is 0 Å². The first-order valence-electron chi connectivity index (χ1n) is 5.85. The lowest BCUT2D eigenvalue weighted by molar-refractivity contribution is 0.0660. The SMILES string of the molecule is CCC(CN)CNCC1CCOCC1. The molecule has 1 aliphatic rings. The van der Waals surface area contributed by atoms with Gasteiger partial charge >= 0.3 is 0 Å². The molecule has 3 heteroatoms. The van der Waals surface area contributed by atoms with Crippen molar-refractivity contribution in [2.75, 3.05) is 32.8 Å². The summed E-state index contributed by atoms with van der Waals surface area (Å²) in [5.41, 5.74) is 5.64. The normalized spacial score (nSPS) is 21.0. The second-order valence-electron chi connectivity index (χ2n) is 4.22. The van der Waals surface area contributed by atoms with E-state index in [4.69, 9.17) is 10.5 Å². The number of nitrogens with one attached hydrogen (secondary N) is 1. The number of hydrogen-bond acceptors (Lipinski definition) is 3. The van der Waals surface area contributed by atoms with Gasteiger partial charge in [0.15, 0.2) is 0 Å². The molecule has 1 fully saturated rings. The fourth-order valence-electron chi connectivity index (χ4n) is 1.84. The fraction of sp³-hybridized carbons (Fsp3) is 1.00. The Morgan fingerprint density at radius 3 is 2.71 bits per heavy atom. The molecule has 3 nitrogen and oxygen atoms in total. The summed E-state index contributed by atoms with van der Waals surface area (Å²) >= 11 is 0. The van der Waals surface area contributed by atoms with Crippen molar-refractivity contribution in [2.24, 2.45) is 17.6 Å². The van der Waals surface area contributed by atoms with Crippen molar-refractivity contribution in [2.45, 2.75) is 26.2 Å². The number of nitrogens with two attached hydrogens (primary N) is 1. The minimum absolute atomic E-state index is 0.648. The van der Waals surface area contributed by atoms with Gasteiger partial charge in [0, 0.05) is 13.2 Å². The highest BCUT2D eigenvalue weighted by molar-refractivity contribution is 4.68. The number of hydrogen-bond donors (Lipinski definition) is 2. The van der Waals surface area contributed by atoms with Gasteiger partial charge in [0.2, 0.25) is 0 Å². The van der Waals surface area contributed by atoms with Crippen molar-refractivity contribution in [3.8, 4) is 0 Å². The van der Waals surface area contributed by atoms with Crippen LogP contribution in [0.1, 0.15) is 26.2 Å². The van der Waals surface area contributed by atoms with E-state index in [-0.39, 0.29) is 0 Å². The molecule has 0 aromatic heterocycles. The van der Waals surface area contributed by atoms with Crippen LogP contribution in [0.3, 0.4) is 0 Å². The highest BCUT2D eigenvalue weighted by Gasteiger charge is 2.13. The van der Waals surface area contributed by atoms with E-state index < -0.39 is 0 Å². The standard InChI is InChI=1S/C11H24N2O/c1-2-10(7-12)8-13-9-11-3-5-14-6-4-11/h10-11,13H,2-9,12H2,1H3. The lowest BCUT2D eigenvalue weighted by Gasteiger charge is -2.23.